The van der Waals surface area contributed by atoms with E-state index in [4.69, 9.17) is 4.74 Å². The lowest BCUT2D eigenvalue weighted by atomic mass is 9.86. The van der Waals surface area contributed by atoms with Crippen LogP contribution in [0.15, 0.2) is 43.0 Å². The van der Waals surface area contributed by atoms with Gasteiger partial charge in [0.25, 0.3) is 0 Å². The van der Waals surface area contributed by atoms with Crippen molar-refractivity contribution in [2.24, 2.45) is 0 Å². The van der Waals surface area contributed by atoms with Gasteiger partial charge in [0.15, 0.2) is 0 Å². The Bertz CT molecular complexity index is 625. The molecule has 0 N–H and O–H groups in total. The van der Waals surface area contributed by atoms with Crippen LogP contribution in [-0.2, 0) is 21.5 Å². The Morgan fingerprint density at radius 3 is 2.50 bits per heavy atom. The number of esters is 1. The van der Waals surface area contributed by atoms with Gasteiger partial charge in [0.1, 0.15) is 6.10 Å². The number of rotatable bonds is 7. The largest absolute Gasteiger partial charge is 0.456 e. The van der Waals surface area contributed by atoms with E-state index in [1.807, 2.05) is 10.8 Å². The van der Waals surface area contributed by atoms with Crippen molar-refractivity contribution in [3.05, 3.63) is 54.1 Å². The van der Waals surface area contributed by atoms with Crippen LogP contribution in [0.4, 0.5) is 0 Å². The number of aromatic nitrogens is 2. The fourth-order valence-electron chi connectivity index (χ4n) is 2.53. The van der Waals surface area contributed by atoms with Gasteiger partial charge in [-0.05, 0) is 23.0 Å². The van der Waals surface area contributed by atoms with Crippen LogP contribution in [0.25, 0.3) is 0 Å². The summed E-state index contributed by atoms with van der Waals surface area (Å²) in [6.07, 6.45) is 7.39. The maximum atomic E-state index is 12.1. The number of hydrogen-bond donors (Lipinski definition) is 0. The summed E-state index contributed by atoms with van der Waals surface area (Å²) >= 11 is 0. The summed E-state index contributed by atoms with van der Waals surface area (Å²) in [7, 11) is 0. The van der Waals surface area contributed by atoms with Crippen LogP contribution in [0.1, 0.15) is 64.2 Å². The minimum absolute atomic E-state index is 0.107. The van der Waals surface area contributed by atoms with E-state index in [0.717, 1.165) is 18.4 Å². The van der Waals surface area contributed by atoms with E-state index >= 15 is 0 Å². The Balaban J connectivity index is 2.16. The maximum absolute atomic E-state index is 12.1. The fourth-order valence-corrected chi connectivity index (χ4v) is 2.53. The van der Waals surface area contributed by atoms with Crippen molar-refractivity contribution in [3.63, 3.8) is 0 Å². The zero-order valence-corrected chi connectivity index (χ0v) is 15.2. The predicted octanol–water partition coefficient (Wildman–Crippen LogP) is 4.66. The highest BCUT2D eigenvalue weighted by molar-refractivity contribution is 5.69. The standard InChI is InChI=1S/C20H28N2O2/c1-5-6-7-19(23)24-18(14-22-13-12-21-15-22)16-8-10-17(11-9-16)20(2,3)4/h8-13,15,18H,5-7,14H2,1-4H3. The first kappa shape index (κ1) is 18.2. The molecule has 0 aliphatic carbocycles. The molecule has 0 radical (unpaired) electrons. The molecule has 0 fully saturated rings. The Morgan fingerprint density at radius 2 is 1.96 bits per heavy atom. The molecule has 1 heterocycles. The lowest BCUT2D eigenvalue weighted by Gasteiger charge is -2.22. The highest BCUT2D eigenvalue weighted by Crippen LogP contribution is 2.26. The smallest absolute Gasteiger partial charge is 0.306 e. The summed E-state index contributed by atoms with van der Waals surface area (Å²) < 4.78 is 7.69. The summed E-state index contributed by atoms with van der Waals surface area (Å²) in [6, 6.07) is 8.37. The van der Waals surface area contributed by atoms with E-state index in [1.165, 1.54) is 5.56 Å². The van der Waals surface area contributed by atoms with Crippen molar-refractivity contribution in [2.75, 3.05) is 0 Å². The molecule has 1 aromatic carbocycles. The van der Waals surface area contributed by atoms with Gasteiger partial charge in [0.2, 0.25) is 0 Å². The molecule has 0 aliphatic heterocycles. The molecule has 0 saturated carbocycles. The molecule has 2 rings (SSSR count). The minimum atomic E-state index is -0.294. The van der Waals surface area contributed by atoms with Crippen LogP contribution < -0.4 is 0 Å². The molecule has 0 saturated heterocycles. The minimum Gasteiger partial charge on any atom is -0.456 e. The number of imidazole rings is 1. The van der Waals surface area contributed by atoms with Crippen molar-refractivity contribution in [1.82, 2.24) is 9.55 Å². The Labute approximate surface area is 144 Å². The average molecular weight is 328 g/mol. The molecule has 4 nitrogen and oxygen atoms in total. The van der Waals surface area contributed by atoms with E-state index in [-0.39, 0.29) is 17.5 Å². The van der Waals surface area contributed by atoms with Crippen LogP contribution in [0.3, 0.4) is 0 Å². The van der Waals surface area contributed by atoms with Gasteiger partial charge in [-0.3, -0.25) is 4.79 Å². The molecule has 2 aromatic rings. The number of unbranched alkanes of at least 4 members (excludes halogenated alkanes) is 1. The lowest BCUT2D eigenvalue weighted by molar-refractivity contribution is -0.150. The highest BCUT2D eigenvalue weighted by Gasteiger charge is 2.19. The van der Waals surface area contributed by atoms with E-state index in [0.29, 0.717) is 13.0 Å². The zero-order chi connectivity index (χ0) is 17.6. The first-order valence-corrected chi connectivity index (χ1v) is 8.66. The zero-order valence-electron chi connectivity index (χ0n) is 15.2. The molecule has 130 valence electrons. The summed E-state index contributed by atoms with van der Waals surface area (Å²) in [4.78, 5) is 16.2. The quantitative estimate of drug-likeness (QED) is 0.695. The van der Waals surface area contributed by atoms with E-state index in [1.54, 1.807) is 12.5 Å². The summed E-state index contributed by atoms with van der Waals surface area (Å²) in [5.74, 6) is -0.137. The number of benzene rings is 1. The van der Waals surface area contributed by atoms with Crippen LogP contribution in [0, 0.1) is 0 Å². The first-order valence-electron chi connectivity index (χ1n) is 8.66. The maximum Gasteiger partial charge on any atom is 0.306 e. The van der Waals surface area contributed by atoms with Crippen molar-refractivity contribution in [3.8, 4) is 0 Å². The monoisotopic (exact) mass is 328 g/mol. The van der Waals surface area contributed by atoms with Crippen LogP contribution in [0.5, 0.6) is 0 Å². The van der Waals surface area contributed by atoms with Crippen LogP contribution in [-0.4, -0.2) is 15.5 Å². The molecule has 0 aliphatic rings. The Morgan fingerprint density at radius 1 is 1.25 bits per heavy atom. The van der Waals surface area contributed by atoms with Gasteiger partial charge in [-0.15, -0.1) is 0 Å². The molecular weight excluding hydrogens is 300 g/mol. The number of carbonyl (C=O) groups excluding carboxylic acids is 1. The molecule has 1 atom stereocenters. The van der Waals surface area contributed by atoms with Gasteiger partial charge in [0.05, 0.1) is 12.9 Å². The summed E-state index contributed by atoms with van der Waals surface area (Å²) in [5.41, 5.74) is 2.39. The van der Waals surface area contributed by atoms with Gasteiger partial charge in [-0.25, -0.2) is 4.98 Å². The van der Waals surface area contributed by atoms with Crippen molar-refractivity contribution < 1.29 is 9.53 Å². The third kappa shape index (κ3) is 5.22. The Hall–Kier alpha value is -2.10. The Kier molecular flexibility index (Phi) is 6.18. The third-order valence-electron chi connectivity index (χ3n) is 4.09. The van der Waals surface area contributed by atoms with Gasteiger partial charge in [-0.1, -0.05) is 58.4 Å². The second-order valence-corrected chi connectivity index (χ2v) is 7.21. The van der Waals surface area contributed by atoms with Gasteiger partial charge >= 0.3 is 5.97 Å². The fraction of sp³-hybridized carbons (Fsp3) is 0.500. The van der Waals surface area contributed by atoms with Crippen molar-refractivity contribution >= 4 is 5.97 Å². The van der Waals surface area contributed by atoms with Crippen LogP contribution >= 0.6 is 0 Å². The predicted molar refractivity (Wildman–Crippen MR) is 95.7 cm³/mol. The summed E-state index contributed by atoms with van der Waals surface area (Å²) in [6.45, 7) is 9.22. The first-order chi connectivity index (χ1) is 11.4. The van der Waals surface area contributed by atoms with Crippen molar-refractivity contribution in [2.45, 2.75) is 65.0 Å². The highest BCUT2D eigenvalue weighted by atomic mass is 16.5. The molecule has 4 heteroatoms. The molecule has 24 heavy (non-hydrogen) atoms. The molecule has 0 amide bonds. The van der Waals surface area contributed by atoms with E-state index in [9.17, 15) is 4.79 Å². The second-order valence-electron chi connectivity index (χ2n) is 7.21. The topological polar surface area (TPSA) is 44.1 Å². The van der Waals surface area contributed by atoms with Gasteiger partial charge < -0.3 is 9.30 Å². The van der Waals surface area contributed by atoms with Gasteiger partial charge in [0, 0.05) is 18.8 Å². The SMILES string of the molecule is CCCCC(=O)OC(Cn1ccnc1)c1ccc(C(C)(C)C)cc1. The molecule has 1 unspecified atom stereocenters. The normalized spacial score (nSPS) is 12.8. The van der Waals surface area contributed by atoms with Crippen LogP contribution in [0.2, 0.25) is 0 Å². The number of carbonyl (C=O) groups is 1. The molecular formula is C20H28N2O2. The molecule has 0 spiro atoms. The second kappa shape index (κ2) is 8.13. The van der Waals surface area contributed by atoms with Gasteiger partial charge in [-0.2, -0.15) is 0 Å². The number of hydrogen-bond acceptors (Lipinski definition) is 3. The lowest BCUT2D eigenvalue weighted by Crippen LogP contribution is -2.17. The number of ether oxygens (including phenoxy) is 1. The van der Waals surface area contributed by atoms with E-state index < -0.39 is 0 Å². The number of nitrogens with zero attached hydrogens (tertiary/aromatic N) is 2. The summed E-state index contributed by atoms with van der Waals surface area (Å²) in [5, 5.41) is 0. The molecule has 1 aromatic heterocycles. The molecule has 0 bridgehead atoms. The van der Waals surface area contributed by atoms with Crippen molar-refractivity contribution in [1.29, 1.82) is 0 Å². The third-order valence-corrected chi connectivity index (χ3v) is 4.09. The average Bonchev–Trinajstić information content (AvgIpc) is 3.04. The van der Waals surface area contributed by atoms with E-state index in [2.05, 4.69) is 56.9 Å².